The van der Waals surface area contributed by atoms with Crippen LogP contribution in [0.1, 0.15) is 19.3 Å². The number of aromatic nitrogens is 3. The van der Waals surface area contributed by atoms with Gasteiger partial charge in [-0.15, -0.1) is 0 Å². The summed E-state index contributed by atoms with van der Waals surface area (Å²) in [6.07, 6.45) is 4.85. The highest BCUT2D eigenvalue weighted by Crippen LogP contribution is 2.54. The second-order valence-corrected chi connectivity index (χ2v) is 4.25. The Bertz CT molecular complexity index is 338. The van der Waals surface area contributed by atoms with Crippen LogP contribution in [0.15, 0.2) is 6.33 Å². The van der Waals surface area contributed by atoms with Crippen molar-refractivity contribution in [1.29, 1.82) is 0 Å². The minimum Gasteiger partial charge on any atom is -0.295 e. The zero-order valence-electron chi connectivity index (χ0n) is 7.73. The summed E-state index contributed by atoms with van der Waals surface area (Å²) >= 11 is 0. The first kappa shape index (κ1) is 7.96. The van der Waals surface area contributed by atoms with Gasteiger partial charge in [-0.25, -0.2) is 5.10 Å². The van der Waals surface area contributed by atoms with E-state index in [0.29, 0.717) is 5.95 Å². The molecule has 5 heteroatoms. The molecule has 14 heavy (non-hydrogen) atoms. The summed E-state index contributed by atoms with van der Waals surface area (Å²) in [5.74, 6) is 2.41. The van der Waals surface area contributed by atoms with Crippen LogP contribution in [0.4, 0.5) is 5.95 Å². The largest absolute Gasteiger partial charge is 0.295 e. The Labute approximate surface area is 81.3 Å². The molecule has 0 radical (unpaired) electrons. The van der Waals surface area contributed by atoms with Crippen LogP contribution in [-0.2, 0) is 4.79 Å². The lowest BCUT2D eigenvalue weighted by molar-refractivity contribution is -0.120. The summed E-state index contributed by atoms with van der Waals surface area (Å²) in [5, 5.41) is 9.03. The topological polar surface area (TPSA) is 70.7 Å². The lowest BCUT2D eigenvalue weighted by atomic mass is 10.0. The Morgan fingerprint density at radius 1 is 1.43 bits per heavy atom. The smallest absolute Gasteiger partial charge is 0.229 e. The van der Waals surface area contributed by atoms with Gasteiger partial charge in [0, 0.05) is 5.92 Å². The van der Waals surface area contributed by atoms with Gasteiger partial charge in [-0.05, 0) is 31.1 Å². The van der Waals surface area contributed by atoms with Gasteiger partial charge in [-0.1, -0.05) is 0 Å². The molecule has 74 valence electrons. The number of rotatable bonds is 2. The Morgan fingerprint density at radius 3 is 2.86 bits per heavy atom. The van der Waals surface area contributed by atoms with Gasteiger partial charge in [0.2, 0.25) is 11.9 Å². The number of hydrogen-bond acceptors (Lipinski definition) is 3. The molecule has 0 bridgehead atoms. The van der Waals surface area contributed by atoms with E-state index in [1.165, 1.54) is 12.7 Å². The first-order valence-corrected chi connectivity index (χ1v) is 4.99. The molecule has 1 heterocycles. The quantitative estimate of drug-likeness (QED) is 0.727. The molecule has 2 aliphatic carbocycles. The van der Waals surface area contributed by atoms with Gasteiger partial charge in [0.15, 0.2) is 0 Å². The number of carbonyl (C=O) groups excluding carboxylic acids is 1. The molecular formula is C9H12N4O. The van der Waals surface area contributed by atoms with Crippen LogP contribution in [0.25, 0.3) is 0 Å². The maximum atomic E-state index is 11.7. The highest BCUT2D eigenvalue weighted by atomic mass is 16.2. The van der Waals surface area contributed by atoms with E-state index in [2.05, 4.69) is 20.5 Å². The van der Waals surface area contributed by atoms with Gasteiger partial charge in [0.25, 0.3) is 0 Å². The third kappa shape index (κ3) is 1.29. The zero-order valence-corrected chi connectivity index (χ0v) is 7.73. The van der Waals surface area contributed by atoms with Crippen LogP contribution in [0.3, 0.4) is 0 Å². The van der Waals surface area contributed by atoms with E-state index in [1.54, 1.807) is 0 Å². The molecule has 2 unspecified atom stereocenters. The lowest BCUT2D eigenvalue weighted by Gasteiger charge is -2.09. The second-order valence-electron chi connectivity index (χ2n) is 4.25. The number of nitrogens with zero attached hydrogens (tertiary/aromatic N) is 2. The Balaban J connectivity index is 1.60. The number of nitrogens with one attached hydrogen (secondary N) is 2. The Kier molecular flexibility index (Phi) is 1.59. The van der Waals surface area contributed by atoms with Gasteiger partial charge < -0.3 is 0 Å². The fourth-order valence-electron chi connectivity index (χ4n) is 2.41. The van der Waals surface area contributed by atoms with Crippen LogP contribution in [-0.4, -0.2) is 21.1 Å². The van der Waals surface area contributed by atoms with E-state index in [9.17, 15) is 4.79 Å². The first-order chi connectivity index (χ1) is 6.83. The number of fused-ring (bicyclic) bond motifs is 1. The summed E-state index contributed by atoms with van der Waals surface area (Å²) in [6, 6.07) is 0. The number of H-pyrrole nitrogens is 1. The third-order valence-electron chi connectivity index (χ3n) is 3.27. The summed E-state index contributed by atoms with van der Waals surface area (Å²) in [6.45, 7) is 0. The molecular weight excluding hydrogens is 180 g/mol. The molecule has 0 spiro atoms. The monoisotopic (exact) mass is 192 g/mol. The summed E-state index contributed by atoms with van der Waals surface area (Å²) < 4.78 is 0. The highest BCUT2D eigenvalue weighted by Gasteiger charge is 2.48. The molecule has 1 aromatic heterocycles. The van der Waals surface area contributed by atoms with Crippen LogP contribution in [0.2, 0.25) is 0 Å². The molecule has 2 aliphatic rings. The highest BCUT2D eigenvalue weighted by molar-refractivity contribution is 5.91. The predicted molar refractivity (Wildman–Crippen MR) is 49.3 cm³/mol. The molecule has 0 aromatic carbocycles. The number of hydrogen-bond donors (Lipinski definition) is 2. The second kappa shape index (κ2) is 2.80. The van der Waals surface area contributed by atoms with Gasteiger partial charge in [-0.2, -0.15) is 10.1 Å². The normalized spacial score (nSPS) is 33.9. The van der Waals surface area contributed by atoms with Crippen LogP contribution in [0.5, 0.6) is 0 Å². The molecule has 3 rings (SSSR count). The number of anilines is 1. The minimum atomic E-state index is 0.0916. The standard InChI is InChI=1S/C9H12N4O/c14-8(12-9-10-4-11-13-9)7-2-5-1-6(5)3-7/h4-7H,1-3H2,(H2,10,11,12,13,14). The van der Waals surface area contributed by atoms with E-state index < -0.39 is 0 Å². The molecule has 1 amide bonds. The Morgan fingerprint density at radius 2 is 2.21 bits per heavy atom. The van der Waals surface area contributed by atoms with Crippen molar-refractivity contribution in [3.8, 4) is 0 Å². The average molecular weight is 192 g/mol. The van der Waals surface area contributed by atoms with Gasteiger partial charge in [0.05, 0.1) is 0 Å². The van der Waals surface area contributed by atoms with Crippen molar-refractivity contribution in [1.82, 2.24) is 15.2 Å². The molecule has 2 atom stereocenters. The van der Waals surface area contributed by atoms with E-state index in [0.717, 1.165) is 24.7 Å². The van der Waals surface area contributed by atoms with Crippen LogP contribution in [0, 0.1) is 17.8 Å². The van der Waals surface area contributed by atoms with Crippen LogP contribution < -0.4 is 5.32 Å². The van der Waals surface area contributed by atoms with E-state index in [-0.39, 0.29) is 11.8 Å². The van der Waals surface area contributed by atoms with Crippen molar-refractivity contribution in [3.05, 3.63) is 6.33 Å². The van der Waals surface area contributed by atoms with Gasteiger partial charge in [-0.3, -0.25) is 10.1 Å². The van der Waals surface area contributed by atoms with Crippen LogP contribution >= 0.6 is 0 Å². The van der Waals surface area contributed by atoms with E-state index in [4.69, 9.17) is 0 Å². The maximum absolute atomic E-state index is 11.7. The molecule has 2 fully saturated rings. The van der Waals surface area contributed by atoms with Crippen molar-refractivity contribution in [2.75, 3.05) is 5.32 Å². The van der Waals surface area contributed by atoms with Crippen molar-refractivity contribution >= 4 is 11.9 Å². The van der Waals surface area contributed by atoms with Crippen molar-refractivity contribution in [3.63, 3.8) is 0 Å². The number of carbonyl (C=O) groups is 1. The number of aromatic amines is 1. The maximum Gasteiger partial charge on any atom is 0.229 e. The molecule has 1 aromatic rings. The molecule has 5 nitrogen and oxygen atoms in total. The van der Waals surface area contributed by atoms with Gasteiger partial charge in [0.1, 0.15) is 6.33 Å². The summed E-state index contributed by atoms with van der Waals surface area (Å²) in [5.41, 5.74) is 0. The minimum absolute atomic E-state index is 0.0916. The Hall–Kier alpha value is -1.39. The summed E-state index contributed by atoms with van der Waals surface area (Å²) in [4.78, 5) is 15.5. The zero-order chi connectivity index (χ0) is 9.54. The van der Waals surface area contributed by atoms with Gasteiger partial charge >= 0.3 is 0 Å². The molecule has 0 aliphatic heterocycles. The molecule has 2 N–H and O–H groups in total. The number of amides is 1. The van der Waals surface area contributed by atoms with Crippen molar-refractivity contribution in [2.45, 2.75) is 19.3 Å². The van der Waals surface area contributed by atoms with E-state index in [1.807, 2.05) is 0 Å². The fraction of sp³-hybridized carbons (Fsp3) is 0.667. The summed E-state index contributed by atoms with van der Waals surface area (Å²) in [7, 11) is 0. The van der Waals surface area contributed by atoms with E-state index >= 15 is 0 Å². The first-order valence-electron chi connectivity index (χ1n) is 4.99. The third-order valence-corrected chi connectivity index (χ3v) is 3.27. The van der Waals surface area contributed by atoms with Crippen molar-refractivity contribution in [2.24, 2.45) is 17.8 Å². The average Bonchev–Trinajstić information content (AvgIpc) is 2.68. The van der Waals surface area contributed by atoms with Crippen molar-refractivity contribution < 1.29 is 4.79 Å². The molecule has 2 saturated carbocycles. The fourth-order valence-corrected chi connectivity index (χ4v) is 2.41. The predicted octanol–water partition coefficient (Wildman–Crippen LogP) is 0.789. The molecule has 0 saturated heterocycles. The lowest BCUT2D eigenvalue weighted by Crippen LogP contribution is -2.22. The SMILES string of the molecule is O=C(Nc1ncn[nH]1)C1CC2CC2C1.